The first kappa shape index (κ1) is 13.2. The zero-order valence-corrected chi connectivity index (χ0v) is 11.2. The van der Waals surface area contributed by atoms with E-state index in [1.165, 1.54) is 0 Å². The van der Waals surface area contributed by atoms with Gasteiger partial charge in [0.05, 0.1) is 10.0 Å². The summed E-state index contributed by atoms with van der Waals surface area (Å²) in [5.41, 5.74) is 4.52. The van der Waals surface area contributed by atoms with E-state index >= 15 is 0 Å². The Morgan fingerprint density at radius 2 is 1.83 bits per heavy atom. The largest absolute Gasteiger partial charge is 0.270 e. The van der Waals surface area contributed by atoms with Crippen molar-refractivity contribution in [2.24, 2.45) is 5.84 Å². The molecule has 0 spiro atoms. The number of nitrogens with one attached hydrogen (secondary N) is 1. The molecule has 0 radical (unpaired) electrons. The van der Waals surface area contributed by atoms with E-state index < -0.39 is 0 Å². The van der Waals surface area contributed by atoms with Gasteiger partial charge in [-0.1, -0.05) is 29.3 Å². The molecule has 1 aromatic carbocycles. The van der Waals surface area contributed by atoms with E-state index in [0.29, 0.717) is 15.9 Å². The summed E-state index contributed by atoms with van der Waals surface area (Å²) < 4.78 is 0. The van der Waals surface area contributed by atoms with Crippen molar-refractivity contribution in [3.05, 3.63) is 57.6 Å². The highest BCUT2D eigenvalue weighted by molar-refractivity contribution is 6.42. The van der Waals surface area contributed by atoms with Crippen LogP contribution in [0.2, 0.25) is 10.0 Å². The molecule has 1 aromatic heterocycles. The first-order valence-corrected chi connectivity index (χ1v) is 6.07. The van der Waals surface area contributed by atoms with Gasteiger partial charge in [0.15, 0.2) is 5.82 Å². The number of rotatable bonds is 3. The molecule has 0 bridgehead atoms. The van der Waals surface area contributed by atoms with Crippen LogP contribution in [0.4, 0.5) is 0 Å². The second-order valence-electron chi connectivity index (χ2n) is 3.89. The first-order chi connectivity index (χ1) is 8.61. The maximum absolute atomic E-state index is 5.99. The number of aromatic nitrogens is 2. The maximum Gasteiger partial charge on any atom is 0.150 e. The quantitative estimate of drug-likeness (QED) is 0.671. The average Bonchev–Trinajstić information content (AvgIpc) is 2.37. The number of hydrogen-bond acceptors (Lipinski definition) is 4. The molecule has 1 atom stereocenters. The maximum atomic E-state index is 5.99. The van der Waals surface area contributed by atoms with E-state index in [1.807, 2.05) is 13.0 Å². The Kier molecular flexibility index (Phi) is 4.14. The lowest BCUT2D eigenvalue weighted by Crippen LogP contribution is -2.30. The van der Waals surface area contributed by atoms with Gasteiger partial charge in [-0.3, -0.25) is 5.84 Å². The van der Waals surface area contributed by atoms with Crippen LogP contribution in [-0.4, -0.2) is 9.97 Å². The monoisotopic (exact) mass is 282 g/mol. The third kappa shape index (κ3) is 2.79. The third-order valence-electron chi connectivity index (χ3n) is 2.50. The molecule has 0 aliphatic heterocycles. The highest BCUT2D eigenvalue weighted by atomic mass is 35.5. The lowest BCUT2D eigenvalue weighted by atomic mass is 10.1. The van der Waals surface area contributed by atoms with Crippen LogP contribution in [0, 0.1) is 6.92 Å². The van der Waals surface area contributed by atoms with Gasteiger partial charge in [0.2, 0.25) is 0 Å². The molecule has 0 fully saturated rings. The molecular weight excluding hydrogens is 271 g/mol. The Labute approximate surface area is 115 Å². The summed E-state index contributed by atoms with van der Waals surface area (Å²) in [6.07, 6.45) is 3.48. The highest BCUT2D eigenvalue weighted by Gasteiger charge is 2.16. The van der Waals surface area contributed by atoms with Crippen molar-refractivity contribution in [3.8, 4) is 0 Å². The smallest absolute Gasteiger partial charge is 0.150 e. The molecule has 2 rings (SSSR count). The number of nitrogens with two attached hydrogens (primary N) is 1. The second-order valence-corrected chi connectivity index (χ2v) is 4.71. The van der Waals surface area contributed by atoms with Gasteiger partial charge in [-0.15, -0.1) is 0 Å². The van der Waals surface area contributed by atoms with Crippen molar-refractivity contribution in [3.63, 3.8) is 0 Å². The third-order valence-corrected chi connectivity index (χ3v) is 3.24. The van der Waals surface area contributed by atoms with Crippen molar-refractivity contribution in [2.75, 3.05) is 0 Å². The van der Waals surface area contributed by atoms with Crippen molar-refractivity contribution >= 4 is 23.2 Å². The topological polar surface area (TPSA) is 63.8 Å². The summed E-state index contributed by atoms with van der Waals surface area (Å²) in [4.78, 5) is 8.50. The number of halogens is 2. The molecule has 0 saturated carbocycles. The number of aryl methyl sites for hydroxylation is 1. The Balaban J connectivity index is 2.38. The van der Waals surface area contributed by atoms with Gasteiger partial charge < -0.3 is 0 Å². The zero-order valence-electron chi connectivity index (χ0n) is 9.69. The van der Waals surface area contributed by atoms with Gasteiger partial charge in [0.1, 0.15) is 6.04 Å². The lowest BCUT2D eigenvalue weighted by Gasteiger charge is -2.15. The van der Waals surface area contributed by atoms with Crippen LogP contribution in [0.15, 0.2) is 30.6 Å². The van der Waals surface area contributed by atoms with E-state index in [-0.39, 0.29) is 6.04 Å². The standard InChI is InChI=1S/C12H12Cl2N4/c1-7-5-16-12(17-6-7)11(18-15)8-2-3-9(13)10(14)4-8/h2-6,11,18H,15H2,1H3. The van der Waals surface area contributed by atoms with E-state index in [4.69, 9.17) is 29.0 Å². The Morgan fingerprint density at radius 3 is 2.39 bits per heavy atom. The van der Waals surface area contributed by atoms with Gasteiger partial charge in [-0.25, -0.2) is 15.4 Å². The van der Waals surface area contributed by atoms with Crippen LogP contribution in [0.5, 0.6) is 0 Å². The molecule has 3 N–H and O–H groups in total. The van der Waals surface area contributed by atoms with Gasteiger partial charge >= 0.3 is 0 Å². The summed E-state index contributed by atoms with van der Waals surface area (Å²) >= 11 is 11.9. The molecule has 2 aromatic rings. The molecule has 0 saturated heterocycles. The summed E-state index contributed by atoms with van der Waals surface area (Å²) in [5, 5.41) is 0.975. The second kappa shape index (κ2) is 5.63. The Morgan fingerprint density at radius 1 is 1.17 bits per heavy atom. The van der Waals surface area contributed by atoms with Crippen LogP contribution < -0.4 is 11.3 Å². The van der Waals surface area contributed by atoms with Crippen molar-refractivity contribution in [1.29, 1.82) is 0 Å². The van der Waals surface area contributed by atoms with E-state index in [0.717, 1.165) is 11.1 Å². The van der Waals surface area contributed by atoms with Gasteiger partial charge in [0, 0.05) is 12.4 Å². The summed E-state index contributed by atoms with van der Waals surface area (Å²) in [5.74, 6) is 6.14. The minimum absolute atomic E-state index is 0.319. The number of hydrazine groups is 1. The molecule has 4 nitrogen and oxygen atoms in total. The normalized spacial score (nSPS) is 12.4. The number of hydrogen-bond donors (Lipinski definition) is 2. The lowest BCUT2D eigenvalue weighted by molar-refractivity contribution is 0.601. The van der Waals surface area contributed by atoms with Crippen molar-refractivity contribution < 1.29 is 0 Å². The van der Waals surface area contributed by atoms with Crippen LogP contribution in [0.1, 0.15) is 23.0 Å². The summed E-state index contributed by atoms with van der Waals surface area (Å²) in [7, 11) is 0. The first-order valence-electron chi connectivity index (χ1n) is 5.31. The van der Waals surface area contributed by atoms with Gasteiger partial charge in [-0.2, -0.15) is 0 Å². The fraction of sp³-hybridized carbons (Fsp3) is 0.167. The fourth-order valence-electron chi connectivity index (χ4n) is 1.56. The Bertz CT molecular complexity index is 542. The van der Waals surface area contributed by atoms with Crippen LogP contribution in [0.3, 0.4) is 0 Å². The molecule has 1 heterocycles. The van der Waals surface area contributed by atoms with Crippen molar-refractivity contribution in [1.82, 2.24) is 15.4 Å². The average molecular weight is 283 g/mol. The highest BCUT2D eigenvalue weighted by Crippen LogP contribution is 2.27. The SMILES string of the molecule is Cc1cnc(C(NN)c2ccc(Cl)c(Cl)c2)nc1. The summed E-state index contributed by atoms with van der Waals surface area (Å²) in [6.45, 7) is 1.92. The Hall–Kier alpha value is -1.20. The number of nitrogens with zero attached hydrogens (tertiary/aromatic N) is 2. The molecule has 1 unspecified atom stereocenters. The van der Waals surface area contributed by atoms with Crippen LogP contribution in [-0.2, 0) is 0 Å². The van der Waals surface area contributed by atoms with Gasteiger partial charge in [0.25, 0.3) is 0 Å². The molecule has 0 aliphatic rings. The predicted octanol–water partition coefficient (Wildman–Crippen LogP) is 2.64. The fourth-order valence-corrected chi connectivity index (χ4v) is 1.87. The molecule has 94 valence electrons. The molecular formula is C12H12Cl2N4. The van der Waals surface area contributed by atoms with Gasteiger partial charge in [-0.05, 0) is 30.2 Å². The summed E-state index contributed by atoms with van der Waals surface area (Å²) in [6, 6.07) is 4.98. The van der Waals surface area contributed by atoms with Crippen molar-refractivity contribution in [2.45, 2.75) is 13.0 Å². The minimum atomic E-state index is -0.319. The minimum Gasteiger partial charge on any atom is -0.270 e. The van der Waals surface area contributed by atoms with Crippen LogP contribution in [0.25, 0.3) is 0 Å². The molecule has 0 amide bonds. The van der Waals surface area contributed by atoms with E-state index in [9.17, 15) is 0 Å². The number of benzene rings is 1. The van der Waals surface area contributed by atoms with Crippen LogP contribution >= 0.6 is 23.2 Å². The zero-order chi connectivity index (χ0) is 13.1. The van der Waals surface area contributed by atoms with E-state index in [1.54, 1.807) is 24.5 Å². The molecule has 0 aliphatic carbocycles. The molecule has 18 heavy (non-hydrogen) atoms. The molecule has 6 heteroatoms. The van der Waals surface area contributed by atoms with E-state index in [2.05, 4.69) is 15.4 Å². The predicted molar refractivity (Wildman–Crippen MR) is 72.4 cm³/mol.